The van der Waals surface area contributed by atoms with Crippen LogP contribution in [-0.4, -0.2) is 17.3 Å². The maximum absolute atomic E-state index is 10.5. The van der Waals surface area contributed by atoms with Crippen LogP contribution in [0.1, 0.15) is 10.4 Å². The monoisotopic (exact) mass is 200 g/mol. The zero-order valence-electron chi connectivity index (χ0n) is 6.89. The van der Waals surface area contributed by atoms with Crippen molar-refractivity contribution in [1.82, 2.24) is 0 Å². The van der Waals surface area contributed by atoms with E-state index in [1.54, 1.807) is 18.4 Å². The highest BCUT2D eigenvalue weighted by atomic mass is 32.2. The fourth-order valence-electron chi connectivity index (χ4n) is 0.754. The van der Waals surface area contributed by atoms with Gasteiger partial charge in [0.2, 0.25) is 0 Å². The van der Waals surface area contributed by atoms with E-state index in [0.29, 0.717) is 5.75 Å². The summed E-state index contributed by atoms with van der Waals surface area (Å²) in [4.78, 5) is 15.3. The van der Waals surface area contributed by atoms with Crippen molar-refractivity contribution in [1.29, 1.82) is 0 Å². The fourth-order valence-corrected chi connectivity index (χ4v) is 0.901. The molecule has 70 valence electrons. The Balaban J connectivity index is 2.73. The lowest BCUT2D eigenvalue weighted by Crippen LogP contribution is -1.96. The summed E-state index contributed by atoms with van der Waals surface area (Å²) in [6.45, 7) is 0. The molecule has 0 bridgehead atoms. The molecule has 0 aromatic heterocycles. The zero-order chi connectivity index (χ0) is 9.68. The average Bonchev–Trinajstić information content (AvgIpc) is 2.15. The first-order chi connectivity index (χ1) is 6.24. The van der Waals surface area contributed by atoms with Crippen molar-refractivity contribution in [2.24, 2.45) is 0 Å². The maximum atomic E-state index is 10.5. The van der Waals surface area contributed by atoms with Crippen molar-refractivity contribution in [3.8, 4) is 5.75 Å². The van der Waals surface area contributed by atoms with Gasteiger partial charge >= 0.3 is 5.97 Å². The minimum absolute atomic E-state index is 0.169. The molecule has 0 fully saturated rings. The van der Waals surface area contributed by atoms with E-state index in [1.807, 2.05) is 0 Å². The number of benzene rings is 1. The molecule has 0 unspecified atom stereocenters. The molecule has 1 rings (SSSR count). The SMILES string of the molecule is CSOOc1cccc(C(=O)O)c1. The summed E-state index contributed by atoms with van der Waals surface area (Å²) >= 11 is 1.04. The van der Waals surface area contributed by atoms with Gasteiger partial charge in [0.15, 0.2) is 5.75 Å². The lowest BCUT2D eigenvalue weighted by molar-refractivity contribution is -0.0771. The highest BCUT2D eigenvalue weighted by Crippen LogP contribution is 2.14. The summed E-state index contributed by atoms with van der Waals surface area (Å²) in [6, 6.07) is 6.07. The maximum Gasteiger partial charge on any atom is 0.335 e. The number of carboxylic acid groups (broad SMARTS) is 1. The molecule has 0 aliphatic rings. The fraction of sp³-hybridized carbons (Fsp3) is 0.125. The third-order valence-electron chi connectivity index (χ3n) is 1.28. The van der Waals surface area contributed by atoms with Gasteiger partial charge in [0.05, 0.1) is 5.56 Å². The van der Waals surface area contributed by atoms with Gasteiger partial charge in [0, 0.05) is 18.3 Å². The molecule has 1 aromatic carbocycles. The third-order valence-corrected chi connectivity index (χ3v) is 1.48. The van der Waals surface area contributed by atoms with Crippen molar-refractivity contribution in [2.75, 3.05) is 6.26 Å². The van der Waals surface area contributed by atoms with Crippen LogP contribution in [-0.2, 0) is 4.33 Å². The Morgan fingerprint density at radius 1 is 1.54 bits per heavy atom. The van der Waals surface area contributed by atoms with E-state index in [-0.39, 0.29) is 5.56 Å². The molecular weight excluding hydrogens is 192 g/mol. The van der Waals surface area contributed by atoms with Crippen LogP contribution < -0.4 is 4.89 Å². The second-order valence-electron chi connectivity index (χ2n) is 2.15. The zero-order valence-corrected chi connectivity index (χ0v) is 7.71. The van der Waals surface area contributed by atoms with Gasteiger partial charge in [-0.3, -0.25) is 0 Å². The van der Waals surface area contributed by atoms with Crippen LogP contribution in [0.3, 0.4) is 0 Å². The Morgan fingerprint density at radius 3 is 2.92 bits per heavy atom. The van der Waals surface area contributed by atoms with Crippen LogP contribution in [0.2, 0.25) is 0 Å². The molecule has 0 atom stereocenters. The normalized spacial score (nSPS) is 9.62. The van der Waals surface area contributed by atoms with E-state index in [4.69, 9.17) is 9.99 Å². The van der Waals surface area contributed by atoms with Gasteiger partial charge in [-0.1, -0.05) is 6.07 Å². The van der Waals surface area contributed by atoms with Crippen LogP contribution in [0.5, 0.6) is 5.75 Å². The molecule has 0 spiro atoms. The summed E-state index contributed by atoms with van der Waals surface area (Å²) in [7, 11) is 0. The largest absolute Gasteiger partial charge is 0.478 e. The first kappa shape index (κ1) is 9.88. The number of aromatic carboxylic acids is 1. The van der Waals surface area contributed by atoms with E-state index in [0.717, 1.165) is 12.0 Å². The highest BCUT2D eigenvalue weighted by molar-refractivity contribution is 7.93. The number of rotatable bonds is 4. The first-order valence-corrected chi connectivity index (χ1v) is 4.59. The lowest BCUT2D eigenvalue weighted by atomic mass is 10.2. The van der Waals surface area contributed by atoms with Gasteiger partial charge in [0.1, 0.15) is 0 Å². The van der Waals surface area contributed by atoms with Gasteiger partial charge in [-0.15, -0.1) is 4.33 Å². The number of hydrogen-bond donors (Lipinski definition) is 1. The Morgan fingerprint density at radius 2 is 2.31 bits per heavy atom. The minimum atomic E-state index is -0.991. The predicted molar refractivity (Wildman–Crippen MR) is 48.6 cm³/mol. The molecule has 1 aromatic rings. The van der Waals surface area contributed by atoms with Crippen LogP contribution in [0, 0.1) is 0 Å². The van der Waals surface area contributed by atoms with Gasteiger partial charge in [0.25, 0.3) is 0 Å². The minimum Gasteiger partial charge on any atom is -0.478 e. The summed E-state index contributed by atoms with van der Waals surface area (Å²) in [5, 5.41) is 8.63. The standard InChI is InChI=1S/C8H8O4S/c1-13-12-11-7-4-2-3-6(5-7)8(9)10/h2-5H,1H3,(H,9,10). The third kappa shape index (κ3) is 2.96. The van der Waals surface area contributed by atoms with E-state index in [1.165, 1.54) is 12.1 Å². The summed E-state index contributed by atoms with van der Waals surface area (Å²) in [6.07, 6.45) is 1.70. The molecule has 0 aliphatic heterocycles. The predicted octanol–water partition coefficient (Wildman–Crippen LogP) is 1.97. The molecule has 0 saturated carbocycles. The molecule has 13 heavy (non-hydrogen) atoms. The molecule has 4 nitrogen and oxygen atoms in total. The molecule has 0 radical (unpaired) electrons. The Hall–Kier alpha value is -1.20. The number of hydrogen-bond acceptors (Lipinski definition) is 4. The second kappa shape index (κ2) is 4.74. The molecule has 0 heterocycles. The molecule has 0 amide bonds. The van der Waals surface area contributed by atoms with E-state index >= 15 is 0 Å². The van der Waals surface area contributed by atoms with E-state index in [2.05, 4.69) is 4.33 Å². The van der Waals surface area contributed by atoms with E-state index in [9.17, 15) is 4.79 Å². The Bertz CT molecular complexity index is 300. The van der Waals surface area contributed by atoms with Gasteiger partial charge in [-0.05, 0) is 18.2 Å². The van der Waals surface area contributed by atoms with E-state index < -0.39 is 5.97 Å². The van der Waals surface area contributed by atoms with Gasteiger partial charge < -0.3 is 9.99 Å². The second-order valence-corrected chi connectivity index (χ2v) is 2.62. The quantitative estimate of drug-likeness (QED) is 0.457. The van der Waals surface area contributed by atoms with Crippen molar-refractivity contribution in [3.63, 3.8) is 0 Å². The van der Waals surface area contributed by atoms with Crippen molar-refractivity contribution in [2.45, 2.75) is 0 Å². The Labute approximate surface area is 79.6 Å². The summed E-state index contributed by atoms with van der Waals surface area (Å²) < 4.78 is 4.58. The van der Waals surface area contributed by atoms with Crippen LogP contribution in [0.15, 0.2) is 24.3 Å². The molecular formula is C8H8O4S. The van der Waals surface area contributed by atoms with Crippen LogP contribution in [0.25, 0.3) is 0 Å². The smallest absolute Gasteiger partial charge is 0.335 e. The Kier molecular flexibility index (Phi) is 3.60. The van der Waals surface area contributed by atoms with Crippen LogP contribution >= 0.6 is 12.0 Å². The van der Waals surface area contributed by atoms with Gasteiger partial charge in [-0.2, -0.15) is 0 Å². The summed E-state index contributed by atoms with van der Waals surface area (Å²) in [5.74, 6) is -0.621. The molecule has 0 aliphatic carbocycles. The molecule has 0 saturated heterocycles. The lowest BCUT2D eigenvalue weighted by Gasteiger charge is -2.01. The van der Waals surface area contributed by atoms with Crippen molar-refractivity contribution >= 4 is 18.0 Å². The topological polar surface area (TPSA) is 55.8 Å². The van der Waals surface area contributed by atoms with Crippen molar-refractivity contribution in [3.05, 3.63) is 29.8 Å². The van der Waals surface area contributed by atoms with Crippen LogP contribution in [0.4, 0.5) is 0 Å². The summed E-state index contributed by atoms with van der Waals surface area (Å²) in [5.41, 5.74) is 0.169. The highest BCUT2D eigenvalue weighted by Gasteiger charge is 2.03. The molecule has 1 N–H and O–H groups in total. The van der Waals surface area contributed by atoms with Crippen molar-refractivity contribution < 1.29 is 19.1 Å². The number of carboxylic acids is 1. The molecule has 5 heteroatoms. The average molecular weight is 200 g/mol. The van der Waals surface area contributed by atoms with Gasteiger partial charge in [-0.25, -0.2) is 4.79 Å². The number of carbonyl (C=O) groups is 1. The first-order valence-electron chi connectivity index (χ1n) is 3.44.